The minimum atomic E-state index is -1.52. The second-order valence-electron chi connectivity index (χ2n) is 4.29. The number of amides is 1. The van der Waals surface area contributed by atoms with Crippen molar-refractivity contribution in [2.24, 2.45) is 0 Å². The summed E-state index contributed by atoms with van der Waals surface area (Å²) in [5, 5.41) is 41.5. The molecule has 9 nitrogen and oxygen atoms in total. The van der Waals surface area contributed by atoms with Gasteiger partial charge in [-0.05, 0) is 17.7 Å². The normalized spacial score (nSPS) is 13.3. The molecule has 0 aromatic heterocycles. The average Bonchev–Trinajstić information content (AvgIpc) is 2.42. The summed E-state index contributed by atoms with van der Waals surface area (Å²) in [5.74, 6) is -1.93. The molecule has 0 saturated carbocycles. The summed E-state index contributed by atoms with van der Waals surface area (Å²) in [5.41, 5.74) is -1.21. The molecule has 0 heterocycles. The van der Waals surface area contributed by atoms with Crippen molar-refractivity contribution in [3.8, 4) is 0 Å². The minimum absolute atomic E-state index is 0.00384. The predicted octanol–water partition coefficient (Wildman–Crippen LogP) is -0.177. The minimum Gasteiger partial charge on any atom is -0.477 e. The number of aromatic carboxylic acids is 1. The summed E-state index contributed by atoms with van der Waals surface area (Å²) in [4.78, 5) is 31.5. The van der Waals surface area contributed by atoms with Crippen molar-refractivity contribution in [1.29, 1.82) is 0 Å². The van der Waals surface area contributed by atoms with E-state index in [1.54, 1.807) is 0 Å². The third-order valence-electron chi connectivity index (χ3n) is 2.71. The number of nitrogens with zero attached hydrogens (tertiary/aromatic N) is 1. The maximum atomic E-state index is 11.0. The quantitative estimate of drug-likeness (QED) is 0.420. The number of hydrogen-bond acceptors (Lipinski definition) is 6. The molecule has 2 atom stereocenters. The van der Waals surface area contributed by atoms with E-state index in [0.29, 0.717) is 0 Å². The molecular formula is C12H14N2O7. The van der Waals surface area contributed by atoms with Crippen LogP contribution in [0.15, 0.2) is 18.2 Å². The smallest absolute Gasteiger partial charge is 0.342 e. The number of carbonyl (C=O) groups is 2. The summed E-state index contributed by atoms with van der Waals surface area (Å²) in [6, 6.07) is 3.00. The Labute approximate surface area is 119 Å². The van der Waals surface area contributed by atoms with E-state index in [9.17, 15) is 29.9 Å². The number of hydrogen-bond donors (Lipinski definition) is 4. The van der Waals surface area contributed by atoms with Crippen LogP contribution in [0, 0.1) is 10.1 Å². The molecule has 0 bridgehead atoms. The van der Waals surface area contributed by atoms with E-state index >= 15 is 0 Å². The Hall–Kier alpha value is -2.52. The first-order valence-corrected chi connectivity index (χ1v) is 5.86. The second kappa shape index (κ2) is 6.77. The highest BCUT2D eigenvalue weighted by Gasteiger charge is 2.24. The van der Waals surface area contributed by atoms with Gasteiger partial charge in [-0.3, -0.25) is 14.9 Å². The number of nitro groups is 1. The number of carboxylic acid groups (broad SMARTS) is 1. The second-order valence-corrected chi connectivity index (χ2v) is 4.29. The van der Waals surface area contributed by atoms with Gasteiger partial charge in [0, 0.05) is 19.5 Å². The Kier molecular flexibility index (Phi) is 5.33. The molecule has 0 saturated heterocycles. The lowest BCUT2D eigenvalue weighted by Gasteiger charge is -2.18. The van der Waals surface area contributed by atoms with E-state index in [2.05, 4.69) is 5.32 Å². The van der Waals surface area contributed by atoms with Crippen molar-refractivity contribution in [1.82, 2.24) is 5.32 Å². The van der Waals surface area contributed by atoms with Gasteiger partial charge >= 0.3 is 5.97 Å². The van der Waals surface area contributed by atoms with Gasteiger partial charge in [0.1, 0.15) is 17.8 Å². The standard InChI is InChI=1S/C12H14N2O7/c1-6(15)13-5-10(16)11(17)7-2-3-9(14(20)21)8(4-7)12(18)19/h2-4,10-11,16-17H,5H2,1H3,(H,13,15)(H,18,19). The van der Waals surface area contributed by atoms with Crippen LogP contribution >= 0.6 is 0 Å². The summed E-state index contributed by atoms with van der Waals surface area (Å²) in [6.45, 7) is 0.989. The van der Waals surface area contributed by atoms with Gasteiger partial charge in [0.05, 0.1) is 4.92 Å². The first-order chi connectivity index (χ1) is 9.73. The van der Waals surface area contributed by atoms with Crippen molar-refractivity contribution < 1.29 is 29.8 Å². The zero-order valence-corrected chi connectivity index (χ0v) is 11.0. The molecule has 1 amide bonds. The van der Waals surface area contributed by atoms with E-state index in [1.165, 1.54) is 6.92 Å². The first kappa shape index (κ1) is 16.5. The molecule has 1 rings (SSSR count). The fourth-order valence-electron chi connectivity index (χ4n) is 1.65. The van der Waals surface area contributed by atoms with E-state index in [4.69, 9.17) is 5.11 Å². The van der Waals surface area contributed by atoms with Gasteiger partial charge in [0.15, 0.2) is 0 Å². The SMILES string of the molecule is CC(=O)NCC(O)C(O)c1ccc([N+](=O)[O-])c(C(=O)O)c1. The molecule has 0 spiro atoms. The van der Waals surface area contributed by atoms with E-state index in [-0.39, 0.29) is 12.1 Å². The van der Waals surface area contributed by atoms with Gasteiger partial charge in [-0.15, -0.1) is 0 Å². The molecule has 0 aliphatic carbocycles. The first-order valence-electron chi connectivity index (χ1n) is 5.86. The third-order valence-corrected chi connectivity index (χ3v) is 2.71. The summed E-state index contributed by atoms with van der Waals surface area (Å²) < 4.78 is 0. The van der Waals surface area contributed by atoms with Gasteiger partial charge in [-0.25, -0.2) is 4.79 Å². The van der Waals surface area contributed by atoms with Gasteiger partial charge in [-0.2, -0.15) is 0 Å². The predicted molar refractivity (Wildman–Crippen MR) is 69.7 cm³/mol. The Bertz CT molecular complexity index is 573. The summed E-state index contributed by atoms with van der Waals surface area (Å²) in [7, 11) is 0. The lowest BCUT2D eigenvalue weighted by molar-refractivity contribution is -0.385. The number of nitro benzene ring substituents is 1. The average molecular weight is 298 g/mol. The topological polar surface area (TPSA) is 150 Å². The molecular weight excluding hydrogens is 284 g/mol. The van der Waals surface area contributed by atoms with Crippen LogP contribution in [-0.2, 0) is 4.79 Å². The molecule has 9 heteroatoms. The van der Waals surface area contributed by atoms with Gasteiger partial charge in [0.2, 0.25) is 5.91 Å². The zero-order chi connectivity index (χ0) is 16.2. The van der Waals surface area contributed by atoms with Gasteiger partial charge < -0.3 is 20.6 Å². The molecule has 2 unspecified atom stereocenters. The highest BCUT2D eigenvalue weighted by molar-refractivity contribution is 5.92. The number of carboxylic acids is 1. The number of aliphatic hydroxyl groups excluding tert-OH is 2. The molecule has 0 fully saturated rings. The largest absolute Gasteiger partial charge is 0.477 e. The molecule has 4 N–H and O–H groups in total. The lowest BCUT2D eigenvalue weighted by atomic mass is 10.0. The maximum absolute atomic E-state index is 11.0. The third kappa shape index (κ3) is 4.23. The maximum Gasteiger partial charge on any atom is 0.342 e. The van der Waals surface area contributed by atoms with Crippen LogP contribution in [-0.4, -0.2) is 44.8 Å². The fourth-order valence-corrected chi connectivity index (χ4v) is 1.65. The van der Waals surface area contributed by atoms with Crippen LogP contribution < -0.4 is 5.32 Å². The Morgan fingerprint density at radius 1 is 1.38 bits per heavy atom. The highest BCUT2D eigenvalue weighted by atomic mass is 16.6. The van der Waals surface area contributed by atoms with Gasteiger partial charge in [0.25, 0.3) is 5.69 Å². The van der Waals surface area contributed by atoms with E-state index in [0.717, 1.165) is 18.2 Å². The summed E-state index contributed by atoms with van der Waals surface area (Å²) in [6.07, 6.45) is -2.87. The van der Waals surface area contributed by atoms with E-state index in [1.807, 2.05) is 0 Å². The van der Waals surface area contributed by atoms with Crippen molar-refractivity contribution in [3.63, 3.8) is 0 Å². The van der Waals surface area contributed by atoms with Crippen LogP contribution in [0.3, 0.4) is 0 Å². The summed E-state index contributed by atoms with van der Waals surface area (Å²) >= 11 is 0. The fraction of sp³-hybridized carbons (Fsp3) is 0.333. The van der Waals surface area contributed by atoms with Crippen LogP contribution in [0.4, 0.5) is 5.69 Å². The molecule has 1 aromatic carbocycles. The Morgan fingerprint density at radius 3 is 2.48 bits per heavy atom. The number of nitrogens with one attached hydrogen (secondary N) is 1. The van der Waals surface area contributed by atoms with Gasteiger partial charge in [-0.1, -0.05) is 0 Å². The molecule has 0 aliphatic rings. The molecule has 21 heavy (non-hydrogen) atoms. The Morgan fingerprint density at radius 2 is 2.00 bits per heavy atom. The van der Waals surface area contributed by atoms with Crippen molar-refractivity contribution in [3.05, 3.63) is 39.4 Å². The van der Waals surface area contributed by atoms with Crippen LogP contribution in [0.5, 0.6) is 0 Å². The number of rotatable bonds is 6. The molecule has 0 aliphatic heterocycles. The zero-order valence-electron chi connectivity index (χ0n) is 11.0. The number of benzene rings is 1. The van der Waals surface area contributed by atoms with Crippen LogP contribution in [0.2, 0.25) is 0 Å². The Balaban J connectivity index is 3.03. The number of carbonyl (C=O) groups excluding carboxylic acids is 1. The van der Waals surface area contributed by atoms with Crippen LogP contribution in [0.25, 0.3) is 0 Å². The monoisotopic (exact) mass is 298 g/mol. The lowest BCUT2D eigenvalue weighted by Crippen LogP contribution is -2.34. The van der Waals surface area contributed by atoms with Crippen LogP contribution in [0.1, 0.15) is 28.9 Å². The number of aliphatic hydroxyl groups is 2. The van der Waals surface area contributed by atoms with E-state index < -0.39 is 40.3 Å². The highest BCUT2D eigenvalue weighted by Crippen LogP contribution is 2.25. The van der Waals surface area contributed by atoms with Crippen molar-refractivity contribution in [2.75, 3.05) is 6.54 Å². The van der Waals surface area contributed by atoms with Crippen molar-refractivity contribution in [2.45, 2.75) is 19.1 Å². The molecule has 114 valence electrons. The molecule has 0 radical (unpaired) electrons. The molecule has 1 aromatic rings. The van der Waals surface area contributed by atoms with Crippen molar-refractivity contribution >= 4 is 17.6 Å².